The van der Waals surface area contributed by atoms with Crippen molar-refractivity contribution in [2.45, 2.75) is 0 Å². The third kappa shape index (κ3) is 5.28. The molecule has 2 N–H and O–H groups in total. The second-order valence-electron chi connectivity index (χ2n) is 8.26. The second-order valence-corrected chi connectivity index (χ2v) is 8.26. The number of hydrogen-bond acceptors (Lipinski definition) is 8. The van der Waals surface area contributed by atoms with Crippen molar-refractivity contribution >= 4 is 28.2 Å². The molecule has 0 amide bonds. The molecule has 0 aliphatic rings. The topological polar surface area (TPSA) is 104 Å². The number of fused-ring (bicyclic) bond motifs is 1. The fraction of sp³-hybridized carbons (Fsp3) is 0.143. The quantitative estimate of drug-likeness (QED) is 0.352. The molecule has 0 saturated heterocycles. The van der Waals surface area contributed by atoms with Crippen LogP contribution in [0.3, 0.4) is 0 Å². The van der Waals surface area contributed by atoms with Gasteiger partial charge in [-0.3, -0.25) is 9.67 Å². The predicted molar refractivity (Wildman–Crippen MR) is 144 cm³/mol. The molecule has 9 nitrogen and oxygen atoms in total. The minimum atomic E-state index is 0.389. The zero-order valence-electron chi connectivity index (χ0n) is 20.7. The van der Waals surface area contributed by atoms with E-state index in [1.54, 1.807) is 43.6 Å². The number of benzene rings is 2. The molecular formula is C28H25N7O2. The van der Waals surface area contributed by atoms with E-state index in [1.165, 1.54) is 0 Å². The summed E-state index contributed by atoms with van der Waals surface area (Å²) in [6.45, 7) is 0.389. The monoisotopic (exact) mass is 491 g/mol. The lowest BCUT2D eigenvalue weighted by Gasteiger charge is -2.24. The van der Waals surface area contributed by atoms with Gasteiger partial charge in [-0.25, -0.2) is 9.97 Å². The summed E-state index contributed by atoms with van der Waals surface area (Å²) in [6, 6.07) is 15.2. The van der Waals surface area contributed by atoms with E-state index in [0.717, 1.165) is 39.2 Å². The van der Waals surface area contributed by atoms with Crippen LogP contribution in [-0.2, 0) is 7.05 Å². The summed E-state index contributed by atoms with van der Waals surface area (Å²) in [5.74, 6) is 8.20. The number of nitrogens with zero attached hydrogens (tertiary/aromatic N) is 6. The van der Waals surface area contributed by atoms with Crippen LogP contribution in [0.1, 0.15) is 5.56 Å². The van der Waals surface area contributed by atoms with Gasteiger partial charge in [0.05, 0.1) is 49.9 Å². The van der Waals surface area contributed by atoms with Crippen LogP contribution < -0.4 is 20.1 Å². The zero-order valence-corrected chi connectivity index (χ0v) is 20.7. The van der Waals surface area contributed by atoms with Crippen LogP contribution in [0.5, 0.6) is 11.5 Å². The van der Waals surface area contributed by atoms with Crippen LogP contribution in [0.2, 0.25) is 0 Å². The smallest absolute Gasteiger partial charge is 0.124 e. The first-order chi connectivity index (χ1) is 18.0. The molecule has 0 bridgehead atoms. The summed E-state index contributed by atoms with van der Waals surface area (Å²) in [5.41, 5.74) is 11.6. The molecule has 0 aliphatic carbocycles. The van der Waals surface area contributed by atoms with Gasteiger partial charge in [-0.2, -0.15) is 5.10 Å². The minimum Gasteiger partial charge on any atom is -0.497 e. The lowest BCUT2D eigenvalue weighted by molar-refractivity contribution is 0.394. The number of aryl methyl sites for hydroxylation is 1. The molecule has 0 fully saturated rings. The van der Waals surface area contributed by atoms with Crippen molar-refractivity contribution in [3.05, 3.63) is 78.9 Å². The maximum absolute atomic E-state index is 5.81. The SMILES string of the molecule is COc1cc(OC)cc(N(CC#Cc2ccnc(N)c2)c2ccc3ncc(-c4cnn(C)c4)nc3c2)c1. The summed E-state index contributed by atoms with van der Waals surface area (Å²) in [6.07, 6.45) is 7.09. The van der Waals surface area contributed by atoms with Crippen molar-refractivity contribution in [1.82, 2.24) is 24.7 Å². The van der Waals surface area contributed by atoms with Gasteiger partial charge in [0.15, 0.2) is 0 Å². The minimum absolute atomic E-state index is 0.389. The molecule has 9 heteroatoms. The number of rotatable bonds is 6. The highest BCUT2D eigenvalue weighted by atomic mass is 16.5. The Bertz CT molecular complexity index is 1610. The van der Waals surface area contributed by atoms with Gasteiger partial charge < -0.3 is 20.1 Å². The van der Waals surface area contributed by atoms with Gasteiger partial charge in [0.2, 0.25) is 0 Å². The van der Waals surface area contributed by atoms with Crippen LogP contribution in [0.4, 0.5) is 17.2 Å². The van der Waals surface area contributed by atoms with Gasteiger partial charge in [-0.05, 0) is 30.3 Å². The van der Waals surface area contributed by atoms with Crippen LogP contribution in [-0.4, -0.2) is 45.5 Å². The molecule has 37 heavy (non-hydrogen) atoms. The molecule has 0 aliphatic heterocycles. The number of hydrogen-bond donors (Lipinski definition) is 1. The van der Waals surface area contributed by atoms with E-state index >= 15 is 0 Å². The molecule has 0 radical (unpaired) electrons. The Balaban J connectivity index is 1.58. The maximum Gasteiger partial charge on any atom is 0.124 e. The average molecular weight is 492 g/mol. The first-order valence-electron chi connectivity index (χ1n) is 11.5. The highest BCUT2D eigenvalue weighted by Crippen LogP contribution is 2.34. The number of nitrogen functional groups attached to an aromatic ring is 1. The number of methoxy groups -OCH3 is 2. The molecule has 5 aromatic rings. The molecule has 3 aromatic heterocycles. The Morgan fingerprint density at radius 3 is 2.43 bits per heavy atom. The Hall–Kier alpha value is -5.10. The number of aromatic nitrogens is 5. The fourth-order valence-electron chi connectivity index (χ4n) is 3.89. The van der Waals surface area contributed by atoms with E-state index in [0.29, 0.717) is 23.9 Å². The zero-order chi connectivity index (χ0) is 25.8. The highest BCUT2D eigenvalue weighted by Gasteiger charge is 2.14. The molecular weight excluding hydrogens is 466 g/mol. The van der Waals surface area contributed by atoms with E-state index in [9.17, 15) is 0 Å². The van der Waals surface area contributed by atoms with Gasteiger partial charge in [0.1, 0.15) is 17.3 Å². The predicted octanol–water partition coefficient (Wildman–Crippen LogP) is 4.21. The molecule has 2 aromatic carbocycles. The standard InChI is InChI=1S/C28H25N7O2/c1-34-18-20(16-32-34)27-17-31-25-7-6-21(14-26(25)33-27)35(10-4-5-19-8-9-30-28(29)11-19)22-12-23(36-2)15-24(13-22)37-3/h6-9,11-18H,10H2,1-3H3,(H2,29,30). The normalized spacial score (nSPS) is 10.6. The van der Waals surface area contributed by atoms with Crippen LogP contribution in [0.25, 0.3) is 22.3 Å². The van der Waals surface area contributed by atoms with E-state index in [2.05, 4.69) is 31.8 Å². The summed E-state index contributed by atoms with van der Waals surface area (Å²) in [5, 5.41) is 4.25. The summed E-state index contributed by atoms with van der Waals surface area (Å²) in [4.78, 5) is 15.6. The van der Waals surface area contributed by atoms with Crippen LogP contribution in [0, 0.1) is 11.8 Å². The Labute approximate surface area is 214 Å². The van der Waals surface area contributed by atoms with Gasteiger partial charge in [-0.1, -0.05) is 11.8 Å². The van der Waals surface area contributed by atoms with Gasteiger partial charge in [-0.15, -0.1) is 0 Å². The molecule has 184 valence electrons. The highest BCUT2D eigenvalue weighted by molar-refractivity contribution is 5.83. The second kappa shape index (κ2) is 10.3. The third-order valence-electron chi connectivity index (χ3n) is 5.74. The van der Waals surface area contributed by atoms with Crippen molar-refractivity contribution in [2.75, 3.05) is 31.4 Å². The molecule has 0 unspecified atom stereocenters. The van der Waals surface area contributed by atoms with Crippen molar-refractivity contribution < 1.29 is 9.47 Å². The number of ether oxygens (including phenoxy) is 2. The Morgan fingerprint density at radius 2 is 1.73 bits per heavy atom. The van der Waals surface area contributed by atoms with E-state index in [4.69, 9.17) is 20.2 Å². The summed E-state index contributed by atoms with van der Waals surface area (Å²) in [7, 11) is 5.13. The molecule has 3 heterocycles. The van der Waals surface area contributed by atoms with Crippen LogP contribution >= 0.6 is 0 Å². The van der Waals surface area contributed by atoms with E-state index in [-0.39, 0.29) is 0 Å². The largest absolute Gasteiger partial charge is 0.497 e. The van der Waals surface area contributed by atoms with Gasteiger partial charge in [0.25, 0.3) is 0 Å². The van der Waals surface area contributed by atoms with Crippen molar-refractivity contribution in [2.24, 2.45) is 7.05 Å². The molecule has 0 saturated carbocycles. The van der Waals surface area contributed by atoms with Gasteiger partial charge >= 0.3 is 0 Å². The van der Waals surface area contributed by atoms with Crippen LogP contribution in [0.15, 0.2) is 73.3 Å². The fourth-order valence-corrected chi connectivity index (χ4v) is 3.89. The molecule has 0 spiro atoms. The van der Waals surface area contributed by atoms with Crippen molar-refractivity contribution in [3.63, 3.8) is 0 Å². The molecule has 0 atom stereocenters. The first-order valence-corrected chi connectivity index (χ1v) is 11.5. The number of nitrogens with two attached hydrogens (primary N) is 1. The lowest BCUT2D eigenvalue weighted by Crippen LogP contribution is -2.17. The number of pyridine rings is 1. The summed E-state index contributed by atoms with van der Waals surface area (Å²) < 4.78 is 12.8. The third-order valence-corrected chi connectivity index (χ3v) is 5.74. The lowest BCUT2D eigenvalue weighted by atomic mass is 10.2. The van der Waals surface area contributed by atoms with Gasteiger partial charge in [0, 0.05) is 60.1 Å². The average Bonchev–Trinajstić information content (AvgIpc) is 3.36. The van der Waals surface area contributed by atoms with Crippen molar-refractivity contribution in [3.8, 4) is 34.6 Å². The van der Waals surface area contributed by atoms with Crippen molar-refractivity contribution in [1.29, 1.82) is 0 Å². The Morgan fingerprint density at radius 1 is 0.919 bits per heavy atom. The molecule has 5 rings (SSSR count). The first kappa shape index (κ1) is 23.6. The van der Waals surface area contributed by atoms with E-state index < -0.39 is 0 Å². The Kier molecular flexibility index (Phi) is 6.55. The van der Waals surface area contributed by atoms with E-state index in [1.807, 2.05) is 55.7 Å². The maximum atomic E-state index is 5.81. The number of anilines is 3. The summed E-state index contributed by atoms with van der Waals surface area (Å²) >= 11 is 0.